The number of carbonyl (C=O) groups is 1. The van der Waals surface area contributed by atoms with E-state index in [1.165, 1.54) is 13.8 Å². The molecule has 29 heavy (non-hydrogen) atoms. The molecular formula is C21H21F3N2O3. The number of rotatable bonds is 6. The second-order valence-electron chi connectivity index (χ2n) is 7.33. The Kier molecular flexibility index (Phi) is 5.55. The number of alkyl halides is 3. The number of ether oxygens (including phenoxy) is 2. The molecule has 1 heterocycles. The zero-order chi connectivity index (χ0) is 21.2. The summed E-state index contributed by atoms with van der Waals surface area (Å²) in [4.78, 5) is 12.2. The lowest BCUT2D eigenvalue weighted by atomic mass is 9.94. The molecule has 0 saturated heterocycles. The van der Waals surface area contributed by atoms with Crippen molar-refractivity contribution in [2.24, 2.45) is 5.41 Å². The first-order valence-corrected chi connectivity index (χ1v) is 8.95. The van der Waals surface area contributed by atoms with E-state index in [0.29, 0.717) is 11.4 Å². The fourth-order valence-electron chi connectivity index (χ4n) is 3.00. The summed E-state index contributed by atoms with van der Waals surface area (Å²) >= 11 is 0. The number of esters is 1. The Hall–Kier alpha value is -3.03. The van der Waals surface area contributed by atoms with Gasteiger partial charge >= 0.3 is 12.1 Å². The molecule has 0 N–H and O–H groups in total. The van der Waals surface area contributed by atoms with Gasteiger partial charge in [0.05, 0.1) is 24.6 Å². The molecule has 0 aliphatic carbocycles. The lowest BCUT2D eigenvalue weighted by Gasteiger charge is -2.23. The molecule has 3 aromatic rings. The summed E-state index contributed by atoms with van der Waals surface area (Å²) in [6.45, 7) is 1.51. The third-order valence-electron chi connectivity index (χ3n) is 4.47. The van der Waals surface area contributed by atoms with Gasteiger partial charge in [-0.1, -0.05) is 30.3 Å². The van der Waals surface area contributed by atoms with Crippen LogP contribution in [0.3, 0.4) is 0 Å². The van der Waals surface area contributed by atoms with Gasteiger partial charge in [-0.2, -0.15) is 18.3 Å². The molecule has 0 atom stereocenters. The zero-order valence-electron chi connectivity index (χ0n) is 16.3. The van der Waals surface area contributed by atoms with Crippen LogP contribution in [0.2, 0.25) is 0 Å². The third-order valence-corrected chi connectivity index (χ3v) is 4.47. The van der Waals surface area contributed by atoms with E-state index in [1.807, 2.05) is 42.5 Å². The van der Waals surface area contributed by atoms with Gasteiger partial charge < -0.3 is 9.47 Å². The van der Waals surface area contributed by atoms with E-state index in [4.69, 9.17) is 4.74 Å². The quantitative estimate of drug-likeness (QED) is 0.550. The Bertz CT molecular complexity index is 1010. The summed E-state index contributed by atoms with van der Waals surface area (Å²) in [5, 5.41) is 5.46. The second-order valence-corrected chi connectivity index (χ2v) is 7.33. The highest BCUT2D eigenvalue weighted by Crippen LogP contribution is 2.33. The van der Waals surface area contributed by atoms with Crippen molar-refractivity contribution < 1.29 is 27.4 Å². The van der Waals surface area contributed by atoms with E-state index in [9.17, 15) is 18.0 Å². The maximum absolute atomic E-state index is 12.4. The van der Waals surface area contributed by atoms with Crippen molar-refractivity contribution in [1.29, 1.82) is 0 Å². The van der Waals surface area contributed by atoms with Crippen LogP contribution in [0.15, 0.2) is 48.5 Å². The van der Waals surface area contributed by atoms with Gasteiger partial charge in [0.2, 0.25) is 0 Å². The van der Waals surface area contributed by atoms with Crippen molar-refractivity contribution in [2.75, 3.05) is 13.7 Å². The van der Waals surface area contributed by atoms with Crippen LogP contribution in [-0.2, 0) is 16.1 Å². The molecule has 2 aromatic carbocycles. The molecule has 0 aliphatic heterocycles. The minimum Gasteiger partial charge on any atom is -0.497 e. The number of halogens is 3. The molecular weight excluding hydrogens is 385 g/mol. The maximum atomic E-state index is 12.4. The average Bonchev–Trinajstić information content (AvgIpc) is 3.03. The van der Waals surface area contributed by atoms with E-state index in [1.54, 1.807) is 17.9 Å². The Morgan fingerprint density at radius 1 is 1.10 bits per heavy atom. The van der Waals surface area contributed by atoms with Gasteiger partial charge in [0, 0.05) is 10.9 Å². The number of aromatic nitrogens is 2. The van der Waals surface area contributed by atoms with E-state index in [2.05, 4.69) is 9.84 Å². The molecule has 0 bridgehead atoms. The normalized spacial score (nSPS) is 12.2. The van der Waals surface area contributed by atoms with Gasteiger partial charge in [0.15, 0.2) is 6.61 Å². The molecule has 8 heteroatoms. The minimum absolute atomic E-state index is 0.0549. The van der Waals surface area contributed by atoms with Gasteiger partial charge in [0.1, 0.15) is 11.4 Å². The minimum atomic E-state index is -4.57. The smallest absolute Gasteiger partial charge is 0.422 e. The zero-order valence-corrected chi connectivity index (χ0v) is 16.3. The number of hydrogen-bond donors (Lipinski definition) is 0. The predicted octanol–water partition coefficient (Wildman–Crippen LogP) is 4.84. The van der Waals surface area contributed by atoms with Gasteiger partial charge in [-0.3, -0.25) is 9.48 Å². The van der Waals surface area contributed by atoms with Gasteiger partial charge in [-0.25, -0.2) is 0 Å². The number of nitrogens with zero attached hydrogens (tertiary/aromatic N) is 2. The monoisotopic (exact) mass is 406 g/mol. The second kappa shape index (κ2) is 7.77. The van der Waals surface area contributed by atoms with Crippen molar-refractivity contribution in [3.05, 3.63) is 48.5 Å². The van der Waals surface area contributed by atoms with Crippen LogP contribution in [0.4, 0.5) is 13.2 Å². The van der Waals surface area contributed by atoms with Gasteiger partial charge in [-0.05, 0) is 32.0 Å². The van der Waals surface area contributed by atoms with Crippen LogP contribution >= 0.6 is 0 Å². The molecule has 0 unspecified atom stereocenters. The maximum Gasteiger partial charge on any atom is 0.422 e. The average molecular weight is 406 g/mol. The highest BCUT2D eigenvalue weighted by atomic mass is 19.4. The fraction of sp³-hybridized carbons (Fsp3) is 0.333. The topological polar surface area (TPSA) is 53.4 Å². The van der Waals surface area contributed by atoms with Gasteiger partial charge in [-0.15, -0.1) is 0 Å². The molecule has 3 rings (SSSR count). The highest BCUT2D eigenvalue weighted by molar-refractivity contribution is 5.94. The van der Waals surface area contributed by atoms with Crippen molar-refractivity contribution in [3.63, 3.8) is 0 Å². The van der Waals surface area contributed by atoms with E-state index in [-0.39, 0.29) is 6.54 Å². The summed E-state index contributed by atoms with van der Waals surface area (Å²) in [5.41, 5.74) is 1.10. The number of methoxy groups -OCH3 is 1. The molecule has 0 aliphatic rings. The number of fused-ring (bicyclic) bond motifs is 1. The van der Waals surface area contributed by atoms with Crippen molar-refractivity contribution >= 4 is 16.9 Å². The summed E-state index contributed by atoms with van der Waals surface area (Å²) in [7, 11) is 1.56. The van der Waals surface area contributed by atoms with E-state index < -0.39 is 24.2 Å². The molecule has 5 nitrogen and oxygen atoms in total. The van der Waals surface area contributed by atoms with Crippen molar-refractivity contribution in [2.45, 2.75) is 26.6 Å². The van der Waals surface area contributed by atoms with E-state index >= 15 is 0 Å². The summed E-state index contributed by atoms with van der Waals surface area (Å²) in [6.07, 6.45) is -4.57. The highest BCUT2D eigenvalue weighted by Gasteiger charge is 2.36. The predicted molar refractivity (Wildman–Crippen MR) is 103 cm³/mol. The molecule has 0 fully saturated rings. The van der Waals surface area contributed by atoms with E-state index in [0.717, 1.165) is 16.5 Å². The molecule has 154 valence electrons. The molecule has 0 amide bonds. The first-order valence-electron chi connectivity index (χ1n) is 8.95. The first kappa shape index (κ1) is 20.7. The van der Waals surface area contributed by atoms with Crippen LogP contribution in [0.25, 0.3) is 22.2 Å². The van der Waals surface area contributed by atoms with Crippen LogP contribution in [0.5, 0.6) is 5.75 Å². The van der Waals surface area contributed by atoms with Crippen LogP contribution < -0.4 is 4.74 Å². The largest absolute Gasteiger partial charge is 0.497 e. The Morgan fingerprint density at radius 2 is 1.79 bits per heavy atom. The summed E-state index contributed by atoms with van der Waals surface area (Å²) in [6, 6.07) is 14.9. The number of benzene rings is 2. The molecule has 0 saturated carbocycles. The summed E-state index contributed by atoms with van der Waals surface area (Å²) < 4.78 is 48.6. The Labute approximate surface area is 166 Å². The molecule has 0 radical (unpaired) electrons. The lowest BCUT2D eigenvalue weighted by Crippen LogP contribution is -2.34. The Morgan fingerprint density at radius 3 is 2.41 bits per heavy atom. The standard InChI is InChI=1S/C21H21F3N2O3/c1-20(2,19(27)29-13-21(22,23)24)12-26-17-10-9-15(28-3)11-16(17)18(25-26)14-7-5-4-6-8-14/h4-11H,12-13H2,1-3H3. The van der Waals surface area contributed by atoms with Crippen LogP contribution in [-0.4, -0.2) is 35.6 Å². The first-order chi connectivity index (χ1) is 13.6. The SMILES string of the molecule is COc1ccc2c(c1)c(-c1ccccc1)nn2CC(C)(C)C(=O)OCC(F)(F)F. The van der Waals surface area contributed by atoms with Crippen molar-refractivity contribution in [3.8, 4) is 17.0 Å². The van der Waals surface area contributed by atoms with Crippen LogP contribution in [0, 0.1) is 5.41 Å². The number of hydrogen-bond acceptors (Lipinski definition) is 4. The van der Waals surface area contributed by atoms with Crippen LogP contribution in [0.1, 0.15) is 13.8 Å². The molecule has 0 spiro atoms. The Balaban J connectivity index is 1.98. The fourth-order valence-corrected chi connectivity index (χ4v) is 3.00. The molecule has 1 aromatic heterocycles. The number of carbonyl (C=O) groups excluding carboxylic acids is 1. The third kappa shape index (κ3) is 4.70. The summed E-state index contributed by atoms with van der Waals surface area (Å²) in [5.74, 6) is -0.286. The van der Waals surface area contributed by atoms with Gasteiger partial charge in [0.25, 0.3) is 0 Å². The van der Waals surface area contributed by atoms with Crippen molar-refractivity contribution in [1.82, 2.24) is 9.78 Å². The lowest BCUT2D eigenvalue weighted by molar-refractivity contribution is -0.193.